The summed E-state index contributed by atoms with van der Waals surface area (Å²) in [4.78, 5) is 14.6. The predicted molar refractivity (Wildman–Crippen MR) is 104 cm³/mol. The lowest BCUT2D eigenvalue weighted by Crippen LogP contribution is -2.35. The molecule has 3 rings (SSSR count). The van der Waals surface area contributed by atoms with E-state index in [1.165, 1.54) is 48.6 Å². The van der Waals surface area contributed by atoms with Crippen LogP contribution in [0.1, 0.15) is 50.1 Å². The largest absolute Gasteiger partial charge is 0.354 e. The van der Waals surface area contributed by atoms with Gasteiger partial charge in [0.2, 0.25) is 5.91 Å². The highest BCUT2D eigenvalue weighted by molar-refractivity contribution is 5.84. The standard InChI is InChI=1S/C21H31N3O/c1-23(2)20(14-22-21(25)13-16-9-5-4-6-10-16)18-15-24(3)19-12-8-7-11-17(18)19/h7-8,11-12,15-16,20H,4-6,9-10,13-14H2,1-3H3,(H,22,25). The van der Waals surface area contributed by atoms with E-state index in [1.807, 2.05) is 0 Å². The van der Waals surface area contributed by atoms with E-state index < -0.39 is 0 Å². The third-order valence-electron chi connectivity index (χ3n) is 5.60. The highest BCUT2D eigenvalue weighted by Crippen LogP contribution is 2.29. The molecule has 1 atom stereocenters. The van der Waals surface area contributed by atoms with Crippen LogP contribution in [0.2, 0.25) is 0 Å². The second-order valence-electron chi connectivity index (χ2n) is 7.70. The Morgan fingerprint density at radius 1 is 1.24 bits per heavy atom. The first-order chi connectivity index (χ1) is 12.1. The zero-order chi connectivity index (χ0) is 17.8. The van der Waals surface area contributed by atoms with Gasteiger partial charge in [-0.25, -0.2) is 0 Å². The van der Waals surface area contributed by atoms with Gasteiger partial charge in [-0.3, -0.25) is 4.79 Å². The molecule has 0 bridgehead atoms. The summed E-state index contributed by atoms with van der Waals surface area (Å²) in [6, 6.07) is 8.66. The van der Waals surface area contributed by atoms with Gasteiger partial charge in [0.05, 0.1) is 6.04 Å². The smallest absolute Gasteiger partial charge is 0.220 e. The van der Waals surface area contributed by atoms with Crippen LogP contribution < -0.4 is 5.32 Å². The van der Waals surface area contributed by atoms with Gasteiger partial charge < -0.3 is 14.8 Å². The van der Waals surface area contributed by atoms with Gasteiger partial charge in [0.25, 0.3) is 0 Å². The molecule has 4 heteroatoms. The Bertz CT molecular complexity index is 713. The molecule has 1 amide bonds. The number of hydrogen-bond donors (Lipinski definition) is 1. The number of aromatic nitrogens is 1. The summed E-state index contributed by atoms with van der Waals surface area (Å²) in [7, 11) is 6.25. The normalized spacial score (nSPS) is 17.1. The number of carbonyl (C=O) groups is 1. The Kier molecular flexibility index (Phi) is 5.79. The quantitative estimate of drug-likeness (QED) is 0.866. The van der Waals surface area contributed by atoms with Crippen LogP contribution in [0.25, 0.3) is 10.9 Å². The molecular formula is C21H31N3O. The highest BCUT2D eigenvalue weighted by atomic mass is 16.1. The van der Waals surface area contributed by atoms with Gasteiger partial charge in [-0.15, -0.1) is 0 Å². The molecule has 0 spiro atoms. The zero-order valence-corrected chi connectivity index (χ0v) is 15.8. The van der Waals surface area contributed by atoms with Gasteiger partial charge in [0.1, 0.15) is 0 Å². The summed E-state index contributed by atoms with van der Waals surface area (Å²) in [5.74, 6) is 0.795. The van der Waals surface area contributed by atoms with Crippen LogP contribution in [0.4, 0.5) is 0 Å². The summed E-state index contributed by atoms with van der Waals surface area (Å²) in [6.45, 7) is 0.659. The number of carbonyl (C=O) groups excluding carboxylic acids is 1. The molecule has 136 valence electrons. The van der Waals surface area contributed by atoms with E-state index in [9.17, 15) is 4.79 Å². The maximum atomic E-state index is 12.4. The van der Waals surface area contributed by atoms with E-state index in [4.69, 9.17) is 0 Å². The average Bonchev–Trinajstić information content (AvgIpc) is 2.93. The van der Waals surface area contributed by atoms with Crippen LogP contribution in [0.5, 0.6) is 0 Å². The monoisotopic (exact) mass is 341 g/mol. The van der Waals surface area contributed by atoms with Crippen LogP contribution in [-0.2, 0) is 11.8 Å². The van der Waals surface area contributed by atoms with Crippen molar-refractivity contribution in [2.75, 3.05) is 20.6 Å². The number of benzene rings is 1. The fourth-order valence-electron chi connectivity index (χ4n) is 4.15. The first-order valence-corrected chi connectivity index (χ1v) is 9.53. The molecule has 1 aliphatic carbocycles. The second-order valence-corrected chi connectivity index (χ2v) is 7.70. The number of amides is 1. The Balaban J connectivity index is 1.68. The van der Waals surface area contributed by atoms with Crippen molar-refractivity contribution < 1.29 is 4.79 Å². The van der Waals surface area contributed by atoms with E-state index >= 15 is 0 Å². The molecule has 4 nitrogen and oxygen atoms in total. The van der Waals surface area contributed by atoms with Gasteiger partial charge in [0, 0.05) is 37.1 Å². The van der Waals surface area contributed by atoms with E-state index in [0.29, 0.717) is 18.9 Å². The molecule has 0 aliphatic heterocycles. The average molecular weight is 341 g/mol. The molecule has 25 heavy (non-hydrogen) atoms. The Hall–Kier alpha value is -1.81. The van der Waals surface area contributed by atoms with Crippen molar-refractivity contribution in [1.82, 2.24) is 14.8 Å². The summed E-state index contributed by atoms with van der Waals surface area (Å²) in [5, 5.41) is 4.46. The number of hydrogen-bond acceptors (Lipinski definition) is 2. The number of nitrogens with one attached hydrogen (secondary N) is 1. The first-order valence-electron chi connectivity index (χ1n) is 9.53. The number of fused-ring (bicyclic) bond motifs is 1. The van der Waals surface area contributed by atoms with Crippen molar-refractivity contribution >= 4 is 16.8 Å². The second kappa shape index (κ2) is 8.05. The topological polar surface area (TPSA) is 37.3 Å². The van der Waals surface area contributed by atoms with E-state index in [2.05, 4.69) is 66.4 Å². The Labute approximate surface area is 151 Å². The first kappa shape index (κ1) is 18.0. The molecule has 1 N–H and O–H groups in total. The SMILES string of the molecule is CN(C)C(CNC(=O)CC1CCCCC1)c1cn(C)c2ccccc12. The molecule has 1 saturated carbocycles. The lowest BCUT2D eigenvalue weighted by Gasteiger charge is -2.26. The lowest BCUT2D eigenvalue weighted by molar-refractivity contribution is -0.122. The zero-order valence-electron chi connectivity index (χ0n) is 15.8. The molecule has 1 unspecified atom stereocenters. The van der Waals surface area contributed by atoms with Gasteiger partial charge in [-0.1, -0.05) is 37.5 Å². The van der Waals surface area contributed by atoms with Gasteiger partial charge in [-0.05, 0) is 44.5 Å². The van der Waals surface area contributed by atoms with Crippen molar-refractivity contribution in [2.24, 2.45) is 13.0 Å². The molecule has 1 aromatic carbocycles. The van der Waals surface area contributed by atoms with Crippen molar-refractivity contribution in [1.29, 1.82) is 0 Å². The van der Waals surface area contributed by atoms with Gasteiger partial charge in [0.15, 0.2) is 0 Å². The number of nitrogens with zero attached hydrogens (tertiary/aromatic N) is 2. The van der Waals surface area contributed by atoms with Gasteiger partial charge >= 0.3 is 0 Å². The Morgan fingerprint density at radius 3 is 2.68 bits per heavy atom. The molecule has 1 aromatic heterocycles. The molecule has 0 saturated heterocycles. The summed E-state index contributed by atoms with van der Waals surface area (Å²) in [5.41, 5.74) is 2.51. The number of aryl methyl sites for hydroxylation is 1. The fourth-order valence-corrected chi connectivity index (χ4v) is 4.15. The van der Waals surface area contributed by atoms with Crippen molar-refractivity contribution in [3.05, 3.63) is 36.0 Å². The summed E-state index contributed by atoms with van der Waals surface area (Å²) >= 11 is 0. The lowest BCUT2D eigenvalue weighted by atomic mass is 9.87. The minimum atomic E-state index is 0.182. The maximum Gasteiger partial charge on any atom is 0.220 e. The van der Waals surface area contributed by atoms with Crippen molar-refractivity contribution in [3.63, 3.8) is 0 Å². The van der Waals surface area contributed by atoms with Crippen LogP contribution in [0.3, 0.4) is 0 Å². The third-order valence-corrected chi connectivity index (χ3v) is 5.60. The summed E-state index contributed by atoms with van der Waals surface area (Å²) in [6.07, 6.45) is 9.23. The van der Waals surface area contributed by atoms with E-state index in [0.717, 1.165) is 0 Å². The number of likely N-dealkylation sites (N-methyl/N-ethyl adjacent to an activating group) is 1. The molecule has 1 heterocycles. The highest BCUT2D eigenvalue weighted by Gasteiger charge is 2.21. The van der Waals surface area contributed by atoms with Crippen LogP contribution in [-0.4, -0.2) is 36.0 Å². The minimum absolute atomic E-state index is 0.182. The Morgan fingerprint density at radius 2 is 1.96 bits per heavy atom. The van der Waals surface area contributed by atoms with Crippen LogP contribution in [0.15, 0.2) is 30.5 Å². The number of para-hydroxylation sites is 1. The van der Waals surface area contributed by atoms with Crippen LogP contribution in [0, 0.1) is 5.92 Å². The molecular weight excluding hydrogens is 310 g/mol. The van der Waals surface area contributed by atoms with Crippen molar-refractivity contribution in [2.45, 2.75) is 44.6 Å². The maximum absolute atomic E-state index is 12.4. The molecule has 0 radical (unpaired) electrons. The fraction of sp³-hybridized carbons (Fsp3) is 0.571. The molecule has 2 aromatic rings. The van der Waals surface area contributed by atoms with Crippen LogP contribution >= 0.6 is 0 Å². The predicted octanol–water partition coefficient (Wildman–Crippen LogP) is 3.87. The van der Waals surface area contributed by atoms with E-state index in [-0.39, 0.29) is 11.9 Å². The molecule has 1 fully saturated rings. The molecule has 1 aliphatic rings. The summed E-state index contributed by atoms with van der Waals surface area (Å²) < 4.78 is 2.17. The van der Waals surface area contributed by atoms with Gasteiger partial charge in [-0.2, -0.15) is 0 Å². The van der Waals surface area contributed by atoms with E-state index in [1.54, 1.807) is 0 Å². The van der Waals surface area contributed by atoms with Crippen molar-refractivity contribution in [3.8, 4) is 0 Å². The third kappa shape index (κ3) is 4.24. The number of rotatable bonds is 6. The minimum Gasteiger partial charge on any atom is -0.354 e.